The number of nitrogens with one attached hydrogen (secondary N) is 1. The summed E-state index contributed by atoms with van der Waals surface area (Å²) in [5.41, 5.74) is 0.966. The van der Waals surface area contributed by atoms with E-state index in [1.165, 1.54) is 12.1 Å². The Labute approximate surface area is 182 Å². The average Bonchev–Trinajstić information content (AvgIpc) is 3.14. The van der Waals surface area contributed by atoms with Crippen molar-refractivity contribution in [1.29, 1.82) is 0 Å². The number of piperidine rings is 1. The molecule has 0 aromatic heterocycles. The maximum atomic E-state index is 13.0. The number of halogens is 1. The molecule has 1 unspecified atom stereocenters. The Morgan fingerprint density at radius 2 is 1.61 bits per heavy atom. The summed E-state index contributed by atoms with van der Waals surface area (Å²) in [6.45, 7) is 1.98. The second-order valence-electron chi connectivity index (χ2n) is 8.28. The van der Waals surface area contributed by atoms with Crippen LogP contribution < -0.4 is 10.1 Å². The van der Waals surface area contributed by atoms with Crippen LogP contribution in [0.4, 0.5) is 4.39 Å². The highest BCUT2D eigenvalue weighted by atomic mass is 32.2. The molecule has 1 amide bonds. The second kappa shape index (κ2) is 9.36. The van der Waals surface area contributed by atoms with Crippen LogP contribution in [0, 0.1) is 11.7 Å². The SMILES string of the molecule is O=C(NCc1ccc(Oc2ccc(F)cc2)cc1)C1CCN(C2CCS(=O)(=O)C2)CC1. The number of carbonyl (C=O) groups is 1. The minimum atomic E-state index is -2.88. The Morgan fingerprint density at radius 3 is 2.19 bits per heavy atom. The molecule has 0 radical (unpaired) electrons. The summed E-state index contributed by atoms with van der Waals surface area (Å²) >= 11 is 0. The Hall–Kier alpha value is -2.45. The lowest BCUT2D eigenvalue weighted by molar-refractivity contribution is -0.126. The van der Waals surface area contributed by atoms with E-state index in [-0.39, 0.29) is 35.2 Å². The number of nitrogens with zero attached hydrogens (tertiary/aromatic N) is 1. The summed E-state index contributed by atoms with van der Waals surface area (Å²) in [7, 11) is -2.88. The number of benzene rings is 2. The van der Waals surface area contributed by atoms with Gasteiger partial charge in [-0.2, -0.15) is 0 Å². The van der Waals surface area contributed by atoms with Gasteiger partial charge in [0.15, 0.2) is 9.84 Å². The van der Waals surface area contributed by atoms with Crippen LogP contribution >= 0.6 is 0 Å². The van der Waals surface area contributed by atoms with Crippen molar-refractivity contribution in [2.45, 2.75) is 31.8 Å². The molecule has 4 rings (SSSR count). The van der Waals surface area contributed by atoms with Crippen LogP contribution in [0.15, 0.2) is 48.5 Å². The zero-order valence-corrected chi connectivity index (χ0v) is 18.1. The summed E-state index contributed by atoms with van der Waals surface area (Å²) in [6, 6.07) is 13.4. The molecule has 6 nitrogen and oxygen atoms in total. The summed E-state index contributed by atoms with van der Waals surface area (Å²) in [5, 5.41) is 3.01. The summed E-state index contributed by atoms with van der Waals surface area (Å²) in [4.78, 5) is 14.8. The van der Waals surface area contributed by atoms with E-state index in [1.807, 2.05) is 24.3 Å². The highest BCUT2D eigenvalue weighted by Crippen LogP contribution is 2.25. The standard InChI is InChI=1S/C23H27FN2O4S/c24-19-3-7-22(8-4-19)30-21-5-1-17(2-6-21)15-25-23(27)18-9-12-26(13-10-18)20-11-14-31(28,29)16-20/h1-8,18,20H,9-16H2,(H,25,27). The monoisotopic (exact) mass is 446 g/mol. The van der Waals surface area contributed by atoms with Crippen LogP contribution in [-0.4, -0.2) is 49.9 Å². The van der Waals surface area contributed by atoms with Gasteiger partial charge < -0.3 is 10.1 Å². The van der Waals surface area contributed by atoms with Crippen molar-refractivity contribution in [1.82, 2.24) is 10.2 Å². The van der Waals surface area contributed by atoms with Crippen LogP contribution in [0.3, 0.4) is 0 Å². The fourth-order valence-electron chi connectivity index (χ4n) is 4.24. The molecule has 8 heteroatoms. The number of rotatable bonds is 6. The molecule has 2 heterocycles. The number of sulfone groups is 1. The maximum Gasteiger partial charge on any atom is 0.223 e. The first-order valence-electron chi connectivity index (χ1n) is 10.6. The summed E-state index contributed by atoms with van der Waals surface area (Å²) < 4.78 is 42.0. The molecular weight excluding hydrogens is 419 g/mol. The van der Waals surface area contributed by atoms with Gasteiger partial charge >= 0.3 is 0 Å². The summed E-state index contributed by atoms with van der Waals surface area (Å²) in [6.07, 6.45) is 2.22. The van der Waals surface area contributed by atoms with Gasteiger partial charge in [-0.1, -0.05) is 12.1 Å². The molecule has 1 N–H and O–H groups in total. The fourth-order valence-corrected chi connectivity index (χ4v) is 6.00. The van der Waals surface area contributed by atoms with E-state index < -0.39 is 9.84 Å². The van der Waals surface area contributed by atoms with E-state index in [9.17, 15) is 17.6 Å². The minimum Gasteiger partial charge on any atom is -0.457 e. The van der Waals surface area contributed by atoms with Gasteiger partial charge in [-0.3, -0.25) is 9.69 Å². The van der Waals surface area contributed by atoms with Gasteiger partial charge in [-0.05, 0) is 74.3 Å². The molecule has 31 heavy (non-hydrogen) atoms. The van der Waals surface area contributed by atoms with E-state index in [0.717, 1.165) is 31.5 Å². The number of likely N-dealkylation sites (tertiary alicyclic amines) is 1. The van der Waals surface area contributed by atoms with E-state index >= 15 is 0 Å². The molecule has 2 fully saturated rings. The Kier molecular flexibility index (Phi) is 6.57. The number of amides is 1. The van der Waals surface area contributed by atoms with Gasteiger partial charge in [-0.25, -0.2) is 12.8 Å². The molecule has 2 aromatic carbocycles. The van der Waals surface area contributed by atoms with Crippen LogP contribution in [0.1, 0.15) is 24.8 Å². The fraction of sp³-hybridized carbons (Fsp3) is 0.435. The third kappa shape index (κ3) is 5.83. The molecule has 2 saturated heterocycles. The van der Waals surface area contributed by atoms with Crippen LogP contribution in [0.2, 0.25) is 0 Å². The van der Waals surface area contributed by atoms with Crippen molar-refractivity contribution in [2.75, 3.05) is 24.6 Å². The van der Waals surface area contributed by atoms with Crippen LogP contribution in [0.25, 0.3) is 0 Å². The van der Waals surface area contributed by atoms with Crippen molar-refractivity contribution in [3.63, 3.8) is 0 Å². The average molecular weight is 447 g/mol. The van der Waals surface area contributed by atoms with Gasteiger partial charge in [0.25, 0.3) is 0 Å². The van der Waals surface area contributed by atoms with Crippen molar-refractivity contribution >= 4 is 15.7 Å². The molecule has 1 atom stereocenters. The third-order valence-corrected chi connectivity index (χ3v) is 7.81. The first-order valence-corrected chi connectivity index (χ1v) is 12.4. The predicted octanol–water partition coefficient (Wildman–Crippen LogP) is 3.13. The van der Waals surface area contributed by atoms with E-state index in [2.05, 4.69) is 10.2 Å². The topological polar surface area (TPSA) is 75.7 Å². The summed E-state index contributed by atoms with van der Waals surface area (Å²) in [5.74, 6) is 1.44. The maximum absolute atomic E-state index is 13.0. The quantitative estimate of drug-likeness (QED) is 0.738. The molecular formula is C23H27FN2O4S. The van der Waals surface area contributed by atoms with Gasteiger partial charge in [0, 0.05) is 18.5 Å². The number of hydrogen-bond acceptors (Lipinski definition) is 5. The highest BCUT2D eigenvalue weighted by molar-refractivity contribution is 7.91. The second-order valence-corrected chi connectivity index (χ2v) is 10.5. The normalized spacial score (nSPS) is 21.6. The lowest BCUT2D eigenvalue weighted by Crippen LogP contribution is -2.45. The molecule has 0 saturated carbocycles. The molecule has 0 aliphatic carbocycles. The van der Waals surface area contributed by atoms with Gasteiger partial charge in [0.2, 0.25) is 5.91 Å². The van der Waals surface area contributed by atoms with E-state index in [1.54, 1.807) is 12.1 Å². The van der Waals surface area contributed by atoms with Crippen molar-refractivity contribution in [3.8, 4) is 11.5 Å². The van der Waals surface area contributed by atoms with E-state index in [0.29, 0.717) is 24.5 Å². The van der Waals surface area contributed by atoms with Gasteiger partial charge in [0.05, 0.1) is 11.5 Å². The smallest absolute Gasteiger partial charge is 0.223 e. The third-order valence-electron chi connectivity index (χ3n) is 6.06. The van der Waals surface area contributed by atoms with Crippen LogP contribution in [-0.2, 0) is 21.2 Å². The van der Waals surface area contributed by atoms with Gasteiger partial charge in [-0.15, -0.1) is 0 Å². The molecule has 0 bridgehead atoms. The van der Waals surface area contributed by atoms with Crippen LogP contribution in [0.5, 0.6) is 11.5 Å². The number of carbonyl (C=O) groups excluding carboxylic acids is 1. The Bertz CT molecular complexity index is 1000. The Balaban J connectivity index is 1.21. The zero-order valence-electron chi connectivity index (χ0n) is 17.3. The molecule has 2 aliphatic heterocycles. The number of hydrogen-bond donors (Lipinski definition) is 1. The first-order chi connectivity index (χ1) is 14.9. The number of ether oxygens (including phenoxy) is 1. The minimum absolute atomic E-state index is 0.0321. The van der Waals surface area contributed by atoms with Crippen molar-refractivity contribution in [2.24, 2.45) is 5.92 Å². The molecule has 166 valence electrons. The van der Waals surface area contributed by atoms with Gasteiger partial charge in [0.1, 0.15) is 17.3 Å². The molecule has 0 spiro atoms. The first kappa shape index (κ1) is 21.8. The molecule has 2 aliphatic rings. The van der Waals surface area contributed by atoms with Crippen molar-refractivity contribution < 1.29 is 22.3 Å². The van der Waals surface area contributed by atoms with E-state index in [4.69, 9.17) is 4.74 Å². The Morgan fingerprint density at radius 1 is 1.00 bits per heavy atom. The largest absolute Gasteiger partial charge is 0.457 e. The highest BCUT2D eigenvalue weighted by Gasteiger charge is 2.35. The molecule has 2 aromatic rings. The zero-order chi connectivity index (χ0) is 21.8. The predicted molar refractivity (Wildman–Crippen MR) is 116 cm³/mol. The van der Waals surface area contributed by atoms with Crippen molar-refractivity contribution in [3.05, 3.63) is 59.9 Å². The lowest BCUT2D eigenvalue weighted by Gasteiger charge is -2.34. The lowest BCUT2D eigenvalue weighted by atomic mass is 9.94.